The molecule has 1 rings (SSSR count). The summed E-state index contributed by atoms with van der Waals surface area (Å²) < 4.78 is 5.49. The highest BCUT2D eigenvalue weighted by atomic mass is 35.5. The zero-order valence-corrected chi connectivity index (χ0v) is 8.64. The Labute approximate surface area is 83.9 Å². The molecule has 0 saturated carbocycles. The fraction of sp³-hybridized carbons (Fsp3) is 0.400. The number of halogens is 1. The largest absolute Gasteiger partial charge is 0.492 e. The van der Waals surface area contributed by atoms with Gasteiger partial charge in [0.25, 0.3) is 0 Å². The van der Waals surface area contributed by atoms with Gasteiger partial charge in [-0.3, -0.25) is 0 Å². The van der Waals surface area contributed by atoms with Crippen molar-refractivity contribution in [3.05, 3.63) is 29.3 Å². The molecule has 0 heterocycles. The van der Waals surface area contributed by atoms with Gasteiger partial charge < -0.3 is 10.1 Å². The van der Waals surface area contributed by atoms with Gasteiger partial charge in [0.1, 0.15) is 12.4 Å². The lowest BCUT2D eigenvalue weighted by Gasteiger charge is -2.11. The van der Waals surface area contributed by atoms with Gasteiger partial charge in [0.05, 0.1) is 0 Å². The molecule has 1 atom stereocenters. The van der Waals surface area contributed by atoms with Crippen LogP contribution >= 0.6 is 11.6 Å². The van der Waals surface area contributed by atoms with Crippen molar-refractivity contribution in [2.75, 3.05) is 13.7 Å². The lowest BCUT2D eigenvalue weighted by molar-refractivity contribution is 0.280. The SMILES string of the molecule is CN[C@H](C)COc1cccc(Cl)c1. The van der Waals surface area contributed by atoms with E-state index in [-0.39, 0.29) is 0 Å². The maximum atomic E-state index is 5.80. The summed E-state index contributed by atoms with van der Waals surface area (Å²) in [6.45, 7) is 2.71. The molecule has 0 fully saturated rings. The van der Waals surface area contributed by atoms with Crippen molar-refractivity contribution < 1.29 is 4.74 Å². The highest BCUT2D eigenvalue weighted by Gasteiger charge is 1.99. The third kappa shape index (κ3) is 3.66. The minimum Gasteiger partial charge on any atom is -0.492 e. The van der Waals surface area contributed by atoms with E-state index in [0.717, 1.165) is 5.75 Å². The summed E-state index contributed by atoms with van der Waals surface area (Å²) in [5.74, 6) is 0.814. The van der Waals surface area contributed by atoms with E-state index in [1.54, 1.807) is 0 Å². The molecule has 1 N–H and O–H groups in total. The van der Waals surface area contributed by atoms with Gasteiger partial charge in [-0.05, 0) is 32.2 Å². The summed E-state index contributed by atoms with van der Waals surface area (Å²) in [6, 6.07) is 7.76. The van der Waals surface area contributed by atoms with Crippen LogP contribution in [0, 0.1) is 0 Å². The first-order valence-electron chi connectivity index (χ1n) is 4.28. The van der Waals surface area contributed by atoms with Gasteiger partial charge >= 0.3 is 0 Å². The summed E-state index contributed by atoms with van der Waals surface area (Å²) in [6.07, 6.45) is 0. The molecule has 0 unspecified atom stereocenters. The normalized spacial score (nSPS) is 12.5. The minimum absolute atomic E-state index is 0.346. The molecular weight excluding hydrogens is 186 g/mol. The van der Waals surface area contributed by atoms with Crippen molar-refractivity contribution in [2.45, 2.75) is 13.0 Å². The van der Waals surface area contributed by atoms with Crippen LogP contribution in [-0.2, 0) is 0 Å². The Kier molecular flexibility index (Phi) is 4.06. The second-order valence-corrected chi connectivity index (χ2v) is 3.39. The second-order valence-electron chi connectivity index (χ2n) is 2.96. The maximum absolute atomic E-state index is 5.80. The first-order chi connectivity index (χ1) is 6.22. The number of likely N-dealkylation sites (N-methyl/N-ethyl adjacent to an activating group) is 1. The van der Waals surface area contributed by atoms with Crippen LogP contribution in [0.3, 0.4) is 0 Å². The van der Waals surface area contributed by atoms with E-state index >= 15 is 0 Å². The number of rotatable bonds is 4. The highest BCUT2D eigenvalue weighted by molar-refractivity contribution is 6.30. The van der Waals surface area contributed by atoms with Gasteiger partial charge in [-0.25, -0.2) is 0 Å². The molecule has 13 heavy (non-hydrogen) atoms. The molecule has 2 nitrogen and oxygen atoms in total. The van der Waals surface area contributed by atoms with E-state index in [4.69, 9.17) is 16.3 Å². The third-order valence-electron chi connectivity index (χ3n) is 1.79. The van der Waals surface area contributed by atoms with Gasteiger partial charge in [-0.2, -0.15) is 0 Å². The molecule has 1 aromatic rings. The third-order valence-corrected chi connectivity index (χ3v) is 2.02. The predicted molar refractivity (Wildman–Crippen MR) is 55.5 cm³/mol. The van der Waals surface area contributed by atoms with E-state index in [0.29, 0.717) is 17.7 Å². The molecule has 1 aromatic carbocycles. The van der Waals surface area contributed by atoms with E-state index in [2.05, 4.69) is 12.2 Å². The van der Waals surface area contributed by atoms with Crippen molar-refractivity contribution in [1.29, 1.82) is 0 Å². The van der Waals surface area contributed by atoms with Crippen LogP contribution in [0.25, 0.3) is 0 Å². The Morgan fingerprint density at radius 3 is 2.92 bits per heavy atom. The number of benzene rings is 1. The Morgan fingerprint density at radius 1 is 1.54 bits per heavy atom. The quantitative estimate of drug-likeness (QED) is 0.804. The van der Waals surface area contributed by atoms with Crippen LogP contribution in [0.15, 0.2) is 24.3 Å². The monoisotopic (exact) mass is 199 g/mol. The molecule has 0 aliphatic heterocycles. The van der Waals surface area contributed by atoms with Crippen molar-refractivity contribution in [1.82, 2.24) is 5.32 Å². The zero-order chi connectivity index (χ0) is 9.68. The molecule has 0 bridgehead atoms. The standard InChI is InChI=1S/C10H14ClNO/c1-8(12-2)7-13-10-5-3-4-9(11)6-10/h3-6,8,12H,7H2,1-2H3/t8-/m1/s1. The topological polar surface area (TPSA) is 21.3 Å². The Balaban J connectivity index is 2.45. The van der Waals surface area contributed by atoms with Gasteiger partial charge in [0.2, 0.25) is 0 Å². The fourth-order valence-corrected chi connectivity index (χ4v) is 1.04. The van der Waals surface area contributed by atoms with Crippen LogP contribution in [0.1, 0.15) is 6.92 Å². The van der Waals surface area contributed by atoms with Crippen molar-refractivity contribution in [3.8, 4) is 5.75 Å². The smallest absolute Gasteiger partial charge is 0.120 e. The Hall–Kier alpha value is -0.730. The van der Waals surface area contributed by atoms with Gasteiger partial charge in [0, 0.05) is 11.1 Å². The molecule has 0 aromatic heterocycles. The number of ether oxygens (including phenoxy) is 1. The maximum Gasteiger partial charge on any atom is 0.120 e. The van der Waals surface area contributed by atoms with Crippen LogP contribution in [0.2, 0.25) is 5.02 Å². The van der Waals surface area contributed by atoms with Crippen LogP contribution in [0.5, 0.6) is 5.75 Å². The zero-order valence-electron chi connectivity index (χ0n) is 7.88. The van der Waals surface area contributed by atoms with E-state index in [1.165, 1.54) is 0 Å². The van der Waals surface area contributed by atoms with Crippen molar-refractivity contribution in [3.63, 3.8) is 0 Å². The molecule has 0 spiro atoms. The average molecular weight is 200 g/mol. The summed E-state index contributed by atoms with van der Waals surface area (Å²) in [5.41, 5.74) is 0. The Bertz CT molecular complexity index is 265. The number of nitrogens with one attached hydrogen (secondary N) is 1. The van der Waals surface area contributed by atoms with Gasteiger partial charge in [-0.15, -0.1) is 0 Å². The molecule has 0 aliphatic carbocycles. The first kappa shape index (κ1) is 10.4. The van der Waals surface area contributed by atoms with Crippen LogP contribution in [0.4, 0.5) is 0 Å². The second kappa shape index (κ2) is 5.10. The minimum atomic E-state index is 0.346. The average Bonchev–Trinajstić information content (AvgIpc) is 2.14. The lowest BCUT2D eigenvalue weighted by Crippen LogP contribution is -2.28. The molecule has 72 valence electrons. The lowest BCUT2D eigenvalue weighted by atomic mass is 10.3. The van der Waals surface area contributed by atoms with Crippen molar-refractivity contribution >= 4 is 11.6 Å². The predicted octanol–water partition coefficient (Wildman–Crippen LogP) is 2.33. The van der Waals surface area contributed by atoms with E-state index < -0.39 is 0 Å². The molecule has 0 aliphatic rings. The van der Waals surface area contributed by atoms with Gasteiger partial charge in [-0.1, -0.05) is 17.7 Å². The van der Waals surface area contributed by atoms with Gasteiger partial charge in [0.15, 0.2) is 0 Å². The first-order valence-corrected chi connectivity index (χ1v) is 4.66. The molecule has 0 amide bonds. The van der Waals surface area contributed by atoms with E-state index in [9.17, 15) is 0 Å². The summed E-state index contributed by atoms with van der Waals surface area (Å²) in [7, 11) is 1.91. The molecular formula is C10H14ClNO. The van der Waals surface area contributed by atoms with Crippen molar-refractivity contribution in [2.24, 2.45) is 0 Å². The highest BCUT2D eigenvalue weighted by Crippen LogP contribution is 2.16. The summed E-state index contributed by atoms with van der Waals surface area (Å²) in [4.78, 5) is 0. The van der Waals surface area contributed by atoms with E-state index in [1.807, 2.05) is 31.3 Å². The Morgan fingerprint density at radius 2 is 2.31 bits per heavy atom. The molecule has 0 saturated heterocycles. The number of hydrogen-bond donors (Lipinski definition) is 1. The number of hydrogen-bond acceptors (Lipinski definition) is 2. The van der Waals surface area contributed by atoms with Crippen LogP contribution in [-0.4, -0.2) is 19.7 Å². The summed E-state index contributed by atoms with van der Waals surface area (Å²) >= 11 is 5.80. The molecule has 3 heteroatoms. The molecule has 0 radical (unpaired) electrons. The fourth-order valence-electron chi connectivity index (χ4n) is 0.861. The summed E-state index contributed by atoms with van der Waals surface area (Å²) in [5, 5.41) is 3.80. The van der Waals surface area contributed by atoms with Crippen LogP contribution < -0.4 is 10.1 Å².